The first-order valence-electron chi connectivity index (χ1n) is 10.3. The third-order valence-corrected chi connectivity index (χ3v) is 6.68. The Hall–Kier alpha value is -2.48. The molecule has 1 aliphatic heterocycles. The van der Waals surface area contributed by atoms with Crippen molar-refractivity contribution in [1.29, 1.82) is 0 Å². The van der Waals surface area contributed by atoms with E-state index in [2.05, 4.69) is 0 Å². The highest BCUT2D eigenvalue weighted by atomic mass is 35.5. The van der Waals surface area contributed by atoms with Crippen molar-refractivity contribution in [2.75, 3.05) is 26.2 Å². The second kappa shape index (κ2) is 9.98. The second-order valence-corrected chi connectivity index (χ2v) is 9.15. The summed E-state index contributed by atoms with van der Waals surface area (Å²) in [7, 11) is 0. The molecule has 0 N–H and O–H groups in total. The predicted octanol–water partition coefficient (Wildman–Crippen LogP) is 5.53. The lowest BCUT2D eigenvalue weighted by Crippen LogP contribution is -2.48. The van der Waals surface area contributed by atoms with E-state index in [0.717, 1.165) is 22.9 Å². The number of hydrogen-bond donors (Lipinski definition) is 0. The molecule has 1 saturated heterocycles. The molecule has 0 aliphatic carbocycles. The van der Waals surface area contributed by atoms with Crippen LogP contribution in [0.15, 0.2) is 47.8 Å². The minimum atomic E-state index is -0.833. The van der Waals surface area contributed by atoms with Crippen LogP contribution in [0, 0.1) is 18.6 Å². The van der Waals surface area contributed by atoms with E-state index in [1.165, 1.54) is 17.4 Å². The van der Waals surface area contributed by atoms with Crippen molar-refractivity contribution in [2.24, 2.45) is 0 Å². The van der Waals surface area contributed by atoms with E-state index in [-0.39, 0.29) is 5.91 Å². The van der Waals surface area contributed by atoms with Gasteiger partial charge in [0.1, 0.15) is 12.4 Å². The molecule has 0 spiro atoms. The van der Waals surface area contributed by atoms with Gasteiger partial charge in [-0.15, -0.1) is 11.3 Å². The normalized spacial score (nSPS) is 14.6. The van der Waals surface area contributed by atoms with E-state index in [1.54, 1.807) is 17.0 Å². The zero-order chi connectivity index (χ0) is 22.7. The van der Waals surface area contributed by atoms with E-state index in [1.807, 2.05) is 35.4 Å². The minimum Gasteiger partial charge on any atom is -0.489 e. The van der Waals surface area contributed by atoms with Gasteiger partial charge in [-0.25, -0.2) is 8.78 Å². The smallest absolute Gasteiger partial charge is 0.264 e. The zero-order valence-electron chi connectivity index (χ0n) is 17.6. The molecule has 0 saturated carbocycles. The van der Waals surface area contributed by atoms with Gasteiger partial charge in [-0.2, -0.15) is 0 Å². The number of aryl methyl sites for hydroxylation is 1. The highest BCUT2D eigenvalue weighted by Gasteiger charge is 2.24. The third-order valence-electron chi connectivity index (χ3n) is 5.48. The number of rotatable bonds is 6. The Morgan fingerprint density at radius 1 is 1.12 bits per heavy atom. The van der Waals surface area contributed by atoms with Gasteiger partial charge in [0.05, 0.1) is 4.88 Å². The van der Waals surface area contributed by atoms with Gasteiger partial charge in [0.15, 0.2) is 11.6 Å². The summed E-state index contributed by atoms with van der Waals surface area (Å²) in [6, 6.07) is 11.6. The van der Waals surface area contributed by atoms with Crippen LogP contribution in [-0.4, -0.2) is 41.9 Å². The van der Waals surface area contributed by atoms with Crippen LogP contribution in [0.25, 0.3) is 0 Å². The van der Waals surface area contributed by atoms with Crippen LogP contribution < -0.4 is 4.74 Å². The molecule has 1 aliphatic rings. The van der Waals surface area contributed by atoms with Crippen LogP contribution in [0.5, 0.6) is 5.75 Å². The van der Waals surface area contributed by atoms with Gasteiger partial charge in [0.25, 0.3) is 5.91 Å². The predicted molar refractivity (Wildman–Crippen MR) is 122 cm³/mol. The first-order valence-corrected chi connectivity index (χ1v) is 11.6. The van der Waals surface area contributed by atoms with E-state index < -0.39 is 11.6 Å². The molecule has 32 heavy (non-hydrogen) atoms. The second-order valence-electron chi connectivity index (χ2n) is 7.80. The van der Waals surface area contributed by atoms with Gasteiger partial charge >= 0.3 is 0 Å². The number of benzene rings is 2. The van der Waals surface area contributed by atoms with Crippen molar-refractivity contribution < 1.29 is 18.3 Å². The van der Waals surface area contributed by atoms with Crippen molar-refractivity contribution >= 4 is 28.8 Å². The Balaban J connectivity index is 1.30. The van der Waals surface area contributed by atoms with Crippen LogP contribution in [-0.2, 0) is 13.2 Å². The highest BCUT2D eigenvalue weighted by Crippen LogP contribution is 2.24. The van der Waals surface area contributed by atoms with Crippen LogP contribution in [0.3, 0.4) is 0 Å². The van der Waals surface area contributed by atoms with Gasteiger partial charge in [-0.1, -0.05) is 23.7 Å². The number of hydrogen-bond acceptors (Lipinski definition) is 4. The monoisotopic (exact) mass is 476 g/mol. The fraction of sp³-hybridized carbons (Fsp3) is 0.292. The summed E-state index contributed by atoms with van der Waals surface area (Å²) in [5.74, 6) is -0.881. The standard InChI is InChI=1S/C24H23ClF2N2O2S/c1-16-11-19(25)5-6-21(16)31-14-17-12-22(32-15-17)24(30)29-9-7-28(8-10-29)13-18-3-2-4-20(26)23(18)27/h2-6,11-12,15H,7-10,13-14H2,1H3. The summed E-state index contributed by atoms with van der Waals surface area (Å²) >= 11 is 7.38. The van der Waals surface area contributed by atoms with E-state index in [9.17, 15) is 13.6 Å². The average molecular weight is 477 g/mol. The Morgan fingerprint density at radius 3 is 2.66 bits per heavy atom. The maximum atomic E-state index is 13.9. The largest absolute Gasteiger partial charge is 0.489 e. The van der Waals surface area contributed by atoms with E-state index >= 15 is 0 Å². The third kappa shape index (κ3) is 5.28. The van der Waals surface area contributed by atoms with Crippen LogP contribution in [0.1, 0.15) is 26.4 Å². The van der Waals surface area contributed by atoms with Gasteiger partial charge in [-0.3, -0.25) is 9.69 Å². The minimum absolute atomic E-state index is 0.0134. The average Bonchev–Trinajstić information content (AvgIpc) is 3.25. The molecule has 0 bridgehead atoms. The summed E-state index contributed by atoms with van der Waals surface area (Å²) in [4.78, 5) is 17.4. The molecule has 2 heterocycles. The molecular formula is C24H23ClF2N2O2S. The lowest BCUT2D eigenvalue weighted by Gasteiger charge is -2.34. The Bertz CT molecular complexity index is 1110. The molecule has 4 nitrogen and oxygen atoms in total. The van der Waals surface area contributed by atoms with Crippen LogP contribution in [0.4, 0.5) is 8.78 Å². The summed E-state index contributed by atoms with van der Waals surface area (Å²) in [5.41, 5.74) is 2.23. The van der Waals surface area contributed by atoms with Crippen molar-refractivity contribution in [3.8, 4) is 5.75 Å². The molecule has 0 unspecified atom stereocenters. The van der Waals surface area contributed by atoms with Gasteiger partial charge < -0.3 is 9.64 Å². The van der Waals surface area contributed by atoms with Crippen molar-refractivity contribution in [3.63, 3.8) is 0 Å². The number of ether oxygens (including phenoxy) is 1. The number of amides is 1. The lowest BCUT2D eigenvalue weighted by molar-refractivity contribution is 0.0631. The van der Waals surface area contributed by atoms with Crippen molar-refractivity contribution in [2.45, 2.75) is 20.1 Å². The maximum Gasteiger partial charge on any atom is 0.264 e. The van der Waals surface area contributed by atoms with E-state index in [0.29, 0.717) is 54.8 Å². The highest BCUT2D eigenvalue weighted by molar-refractivity contribution is 7.12. The Kier molecular flexibility index (Phi) is 7.08. The summed E-state index contributed by atoms with van der Waals surface area (Å²) in [6.45, 7) is 4.95. The fourth-order valence-corrected chi connectivity index (χ4v) is 4.77. The number of nitrogens with zero attached hydrogens (tertiary/aromatic N) is 2. The molecule has 1 amide bonds. The molecule has 0 atom stereocenters. The number of carbonyl (C=O) groups excluding carboxylic acids is 1. The zero-order valence-corrected chi connectivity index (χ0v) is 19.2. The molecule has 1 fully saturated rings. The molecule has 0 radical (unpaired) electrons. The molecule has 8 heteroatoms. The molecular weight excluding hydrogens is 454 g/mol. The summed E-state index contributed by atoms with van der Waals surface area (Å²) in [5, 5.41) is 2.60. The molecule has 168 valence electrons. The van der Waals surface area contributed by atoms with Gasteiger partial charge in [-0.05, 0) is 48.2 Å². The lowest BCUT2D eigenvalue weighted by atomic mass is 10.1. The number of carbonyl (C=O) groups is 1. The summed E-state index contributed by atoms with van der Waals surface area (Å²) < 4.78 is 33.2. The fourth-order valence-electron chi connectivity index (χ4n) is 3.68. The van der Waals surface area contributed by atoms with Crippen LogP contribution >= 0.6 is 22.9 Å². The Labute approximate surface area is 195 Å². The topological polar surface area (TPSA) is 32.8 Å². The quantitative estimate of drug-likeness (QED) is 0.469. The van der Waals surface area contributed by atoms with Crippen molar-refractivity contribution in [1.82, 2.24) is 9.80 Å². The van der Waals surface area contributed by atoms with Gasteiger partial charge in [0, 0.05) is 48.9 Å². The molecule has 2 aromatic carbocycles. The molecule has 4 rings (SSSR count). The summed E-state index contributed by atoms with van der Waals surface area (Å²) in [6.07, 6.45) is 0. The molecule has 1 aromatic heterocycles. The van der Waals surface area contributed by atoms with Gasteiger partial charge in [0.2, 0.25) is 0 Å². The number of thiophene rings is 1. The number of piperazine rings is 1. The number of halogens is 3. The van der Waals surface area contributed by atoms with Crippen molar-refractivity contribution in [3.05, 3.63) is 86.1 Å². The SMILES string of the molecule is Cc1cc(Cl)ccc1OCc1csc(C(=O)N2CCN(Cc3cccc(F)c3F)CC2)c1. The van der Waals surface area contributed by atoms with Crippen LogP contribution in [0.2, 0.25) is 5.02 Å². The maximum absolute atomic E-state index is 13.9. The van der Waals surface area contributed by atoms with E-state index in [4.69, 9.17) is 16.3 Å². The molecule has 3 aromatic rings. The first kappa shape index (κ1) is 22.7. The Morgan fingerprint density at radius 2 is 1.91 bits per heavy atom. The first-order chi connectivity index (χ1) is 15.4.